The van der Waals surface area contributed by atoms with Gasteiger partial charge in [-0.1, -0.05) is 19.1 Å². The van der Waals surface area contributed by atoms with Crippen LogP contribution in [-0.4, -0.2) is 18.0 Å². The van der Waals surface area contributed by atoms with Gasteiger partial charge in [-0.05, 0) is 32.4 Å². The van der Waals surface area contributed by atoms with Crippen LogP contribution in [0.25, 0.3) is 0 Å². The van der Waals surface area contributed by atoms with Crippen molar-refractivity contribution in [3.8, 4) is 0 Å². The number of carbonyl (C=O) groups excluding carboxylic acids is 1. The molecule has 0 spiro atoms. The van der Waals surface area contributed by atoms with E-state index in [4.69, 9.17) is 4.74 Å². The molecular weight excluding hydrogens is 207 g/mol. The number of ether oxygens (including phenoxy) is 1. The lowest BCUT2D eigenvalue weighted by atomic mass is 10.1. The first-order valence-electron chi connectivity index (χ1n) is 5.37. The van der Waals surface area contributed by atoms with Gasteiger partial charge in [0.05, 0.1) is 5.60 Å². The highest BCUT2D eigenvalue weighted by Gasteiger charge is 2.17. The summed E-state index contributed by atoms with van der Waals surface area (Å²) in [7, 11) is 0. The summed E-state index contributed by atoms with van der Waals surface area (Å²) in [6.45, 7) is 5.83. The van der Waals surface area contributed by atoms with E-state index in [1.807, 2.05) is 20.8 Å². The average Bonchev–Trinajstić information content (AvgIpc) is 2.26. The SMILES string of the molecule is CCC(C)(C)OCC(=O)c1cccc(F)c1. The second-order valence-corrected chi connectivity index (χ2v) is 4.34. The normalized spacial score (nSPS) is 11.5. The van der Waals surface area contributed by atoms with Crippen molar-refractivity contribution in [2.24, 2.45) is 0 Å². The molecule has 16 heavy (non-hydrogen) atoms. The lowest BCUT2D eigenvalue weighted by Crippen LogP contribution is -2.26. The molecule has 0 saturated heterocycles. The van der Waals surface area contributed by atoms with Crippen molar-refractivity contribution in [2.45, 2.75) is 32.8 Å². The summed E-state index contributed by atoms with van der Waals surface area (Å²) in [5.41, 5.74) is 0.0371. The van der Waals surface area contributed by atoms with Crippen LogP contribution in [0.5, 0.6) is 0 Å². The highest BCUT2D eigenvalue weighted by atomic mass is 19.1. The summed E-state index contributed by atoms with van der Waals surface area (Å²) in [6.07, 6.45) is 0.823. The molecule has 1 aromatic rings. The van der Waals surface area contributed by atoms with E-state index >= 15 is 0 Å². The fourth-order valence-electron chi connectivity index (χ4n) is 1.11. The Morgan fingerprint density at radius 1 is 1.44 bits per heavy atom. The van der Waals surface area contributed by atoms with Gasteiger partial charge < -0.3 is 4.74 Å². The summed E-state index contributed by atoms with van der Waals surface area (Å²) in [6, 6.07) is 5.65. The first-order valence-corrected chi connectivity index (χ1v) is 5.37. The Morgan fingerprint density at radius 2 is 2.12 bits per heavy atom. The van der Waals surface area contributed by atoms with Gasteiger partial charge in [0.15, 0.2) is 5.78 Å². The Hall–Kier alpha value is -1.22. The molecule has 0 aliphatic heterocycles. The first-order chi connectivity index (χ1) is 7.44. The molecule has 1 aromatic carbocycles. The van der Waals surface area contributed by atoms with Crippen LogP contribution in [0.1, 0.15) is 37.6 Å². The summed E-state index contributed by atoms with van der Waals surface area (Å²) < 4.78 is 18.3. The predicted octanol–water partition coefficient (Wildman–Crippen LogP) is 3.21. The molecule has 0 atom stereocenters. The minimum atomic E-state index is -0.402. The maximum Gasteiger partial charge on any atom is 0.188 e. The van der Waals surface area contributed by atoms with Crippen molar-refractivity contribution in [1.29, 1.82) is 0 Å². The average molecular weight is 224 g/mol. The van der Waals surface area contributed by atoms with E-state index in [0.717, 1.165) is 6.42 Å². The molecule has 0 fully saturated rings. The van der Waals surface area contributed by atoms with Crippen molar-refractivity contribution in [3.63, 3.8) is 0 Å². The van der Waals surface area contributed by atoms with E-state index in [9.17, 15) is 9.18 Å². The molecule has 0 amide bonds. The maximum absolute atomic E-state index is 12.9. The molecule has 0 heterocycles. The molecule has 3 heteroatoms. The second kappa shape index (κ2) is 5.21. The summed E-state index contributed by atoms with van der Waals surface area (Å²) >= 11 is 0. The number of rotatable bonds is 5. The third-order valence-corrected chi connectivity index (χ3v) is 2.59. The Labute approximate surface area is 95.4 Å². The number of benzene rings is 1. The number of carbonyl (C=O) groups is 1. The van der Waals surface area contributed by atoms with Gasteiger partial charge in [0.1, 0.15) is 12.4 Å². The first kappa shape index (κ1) is 12.8. The summed E-state index contributed by atoms with van der Waals surface area (Å²) in [5, 5.41) is 0. The standard InChI is InChI=1S/C13H17FO2/c1-4-13(2,3)16-9-12(15)10-6-5-7-11(14)8-10/h5-8H,4,9H2,1-3H3. The Morgan fingerprint density at radius 3 is 2.69 bits per heavy atom. The minimum Gasteiger partial charge on any atom is -0.367 e. The third-order valence-electron chi connectivity index (χ3n) is 2.59. The van der Waals surface area contributed by atoms with E-state index in [-0.39, 0.29) is 18.0 Å². The largest absolute Gasteiger partial charge is 0.367 e. The number of Topliss-reactive ketones (excluding diaryl/α,β-unsaturated/α-hetero) is 1. The van der Waals surface area contributed by atoms with Crippen molar-refractivity contribution in [3.05, 3.63) is 35.6 Å². The minimum absolute atomic E-state index is 0.00963. The van der Waals surface area contributed by atoms with Crippen LogP contribution in [0.4, 0.5) is 4.39 Å². The van der Waals surface area contributed by atoms with Gasteiger partial charge in [-0.15, -0.1) is 0 Å². The van der Waals surface area contributed by atoms with Crippen LogP contribution in [-0.2, 0) is 4.74 Å². The summed E-state index contributed by atoms with van der Waals surface area (Å²) in [5.74, 6) is -0.596. The van der Waals surface area contributed by atoms with Crippen LogP contribution >= 0.6 is 0 Å². The predicted molar refractivity (Wildman–Crippen MR) is 61.1 cm³/mol. The van der Waals surface area contributed by atoms with Crippen LogP contribution in [0.2, 0.25) is 0 Å². The van der Waals surface area contributed by atoms with Crippen molar-refractivity contribution < 1.29 is 13.9 Å². The van der Waals surface area contributed by atoms with Gasteiger partial charge in [0.2, 0.25) is 0 Å². The second-order valence-electron chi connectivity index (χ2n) is 4.34. The van der Waals surface area contributed by atoms with E-state index < -0.39 is 5.82 Å². The van der Waals surface area contributed by atoms with E-state index in [1.54, 1.807) is 6.07 Å². The summed E-state index contributed by atoms with van der Waals surface area (Å²) in [4.78, 5) is 11.7. The zero-order chi connectivity index (χ0) is 12.2. The van der Waals surface area contributed by atoms with Gasteiger partial charge >= 0.3 is 0 Å². The van der Waals surface area contributed by atoms with Crippen molar-refractivity contribution in [2.75, 3.05) is 6.61 Å². The van der Waals surface area contributed by atoms with Crippen LogP contribution in [0, 0.1) is 5.82 Å². The molecule has 2 nitrogen and oxygen atoms in total. The number of ketones is 1. The molecule has 0 radical (unpaired) electrons. The van der Waals surface area contributed by atoms with Gasteiger partial charge in [-0.2, -0.15) is 0 Å². The quantitative estimate of drug-likeness (QED) is 0.718. The number of hydrogen-bond donors (Lipinski definition) is 0. The molecule has 0 unspecified atom stereocenters. The lowest BCUT2D eigenvalue weighted by molar-refractivity contribution is -0.0122. The van der Waals surface area contributed by atoms with Gasteiger partial charge in [0, 0.05) is 5.56 Å². The molecule has 0 bridgehead atoms. The molecule has 88 valence electrons. The van der Waals surface area contributed by atoms with Crippen molar-refractivity contribution >= 4 is 5.78 Å². The molecule has 0 saturated carbocycles. The fraction of sp³-hybridized carbons (Fsp3) is 0.462. The maximum atomic E-state index is 12.9. The van der Waals surface area contributed by atoms with Crippen LogP contribution in [0.3, 0.4) is 0 Å². The lowest BCUT2D eigenvalue weighted by Gasteiger charge is -2.22. The molecular formula is C13H17FO2. The van der Waals surface area contributed by atoms with Crippen LogP contribution in [0.15, 0.2) is 24.3 Å². The topological polar surface area (TPSA) is 26.3 Å². The Balaban J connectivity index is 2.60. The molecule has 0 aliphatic carbocycles. The van der Waals surface area contributed by atoms with E-state index in [2.05, 4.69) is 0 Å². The number of hydrogen-bond acceptors (Lipinski definition) is 2. The monoisotopic (exact) mass is 224 g/mol. The smallest absolute Gasteiger partial charge is 0.188 e. The van der Waals surface area contributed by atoms with Gasteiger partial charge in [0.25, 0.3) is 0 Å². The van der Waals surface area contributed by atoms with Gasteiger partial charge in [-0.3, -0.25) is 4.79 Å². The Bertz CT molecular complexity index is 372. The van der Waals surface area contributed by atoms with Crippen molar-refractivity contribution in [1.82, 2.24) is 0 Å². The molecule has 1 rings (SSSR count). The highest BCUT2D eigenvalue weighted by Crippen LogP contribution is 2.14. The molecule has 0 aliphatic rings. The van der Waals surface area contributed by atoms with E-state index in [0.29, 0.717) is 5.56 Å². The third kappa shape index (κ3) is 3.74. The fourth-order valence-corrected chi connectivity index (χ4v) is 1.11. The zero-order valence-corrected chi connectivity index (χ0v) is 9.92. The van der Waals surface area contributed by atoms with Crippen LogP contribution < -0.4 is 0 Å². The van der Waals surface area contributed by atoms with E-state index in [1.165, 1.54) is 18.2 Å². The molecule has 0 aromatic heterocycles. The Kier molecular flexibility index (Phi) is 4.19. The molecule has 0 N–H and O–H groups in total. The highest BCUT2D eigenvalue weighted by molar-refractivity contribution is 5.97. The van der Waals surface area contributed by atoms with Gasteiger partial charge in [-0.25, -0.2) is 4.39 Å². The number of halogens is 1. The zero-order valence-electron chi connectivity index (χ0n) is 9.92.